The molecule has 108 valence electrons. The second kappa shape index (κ2) is 6.52. The third-order valence-electron chi connectivity index (χ3n) is 3.78. The number of carboxylic acid groups (broad SMARTS) is 1. The lowest BCUT2D eigenvalue weighted by atomic mass is 9.97. The Kier molecular flexibility index (Phi) is 4.74. The van der Waals surface area contributed by atoms with E-state index in [1.165, 1.54) is 12.1 Å². The van der Waals surface area contributed by atoms with E-state index in [1.54, 1.807) is 12.1 Å². The molecule has 1 saturated heterocycles. The van der Waals surface area contributed by atoms with Crippen LogP contribution < -0.4 is 5.32 Å². The maximum absolute atomic E-state index is 12.0. The van der Waals surface area contributed by atoms with Crippen molar-refractivity contribution in [3.8, 4) is 0 Å². The molecule has 1 aromatic carbocycles. The van der Waals surface area contributed by atoms with Gasteiger partial charge in [-0.25, -0.2) is 4.79 Å². The summed E-state index contributed by atoms with van der Waals surface area (Å²) in [4.78, 5) is 25.0. The normalized spacial score (nSPS) is 16.9. The van der Waals surface area contributed by atoms with Crippen molar-refractivity contribution in [2.24, 2.45) is 5.92 Å². The lowest BCUT2D eigenvalue weighted by molar-refractivity contribution is 0.0696. The summed E-state index contributed by atoms with van der Waals surface area (Å²) in [5.74, 6) is -0.586. The number of carboxylic acids is 1. The Labute approximate surface area is 118 Å². The van der Waals surface area contributed by atoms with Crippen LogP contribution in [0.25, 0.3) is 0 Å². The first-order valence-corrected chi connectivity index (χ1v) is 6.86. The van der Waals surface area contributed by atoms with Crippen LogP contribution in [0.5, 0.6) is 0 Å². The summed E-state index contributed by atoms with van der Waals surface area (Å²) in [6.07, 6.45) is 2.21. The standard InChI is InChI=1S/C15H20N2O3/c1-17-8-6-11(7-9-17)10-16-14(18)12-2-4-13(5-3-12)15(19)20/h2-5,11H,6-10H2,1H3,(H,16,18)(H,19,20). The zero-order chi connectivity index (χ0) is 14.5. The summed E-state index contributed by atoms with van der Waals surface area (Å²) in [5, 5.41) is 11.7. The van der Waals surface area contributed by atoms with Gasteiger partial charge >= 0.3 is 5.97 Å². The van der Waals surface area contributed by atoms with Crippen LogP contribution in [-0.2, 0) is 0 Å². The van der Waals surface area contributed by atoms with Gasteiger partial charge in [0.2, 0.25) is 0 Å². The van der Waals surface area contributed by atoms with Crippen molar-refractivity contribution in [2.45, 2.75) is 12.8 Å². The molecule has 1 fully saturated rings. The van der Waals surface area contributed by atoms with Crippen LogP contribution in [-0.4, -0.2) is 48.6 Å². The molecule has 0 aromatic heterocycles. The molecule has 5 heteroatoms. The molecule has 0 radical (unpaired) electrons. The molecule has 1 amide bonds. The number of carbonyl (C=O) groups excluding carboxylic acids is 1. The van der Waals surface area contributed by atoms with E-state index in [9.17, 15) is 9.59 Å². The SMILES string of the molecule is CN1CCC(CNC(=O)c2ccc(C(=O)O)cc2)CC1. The van der Waals surface area contributed by atoms with E-state index in [2.05, 4.69) is 17.3 Å². The molecule has 2 rings (SSSR count). The van der Waals surface area contributed by atoms with Crippen LogP contribution >= 0.6 is 0 Å². The zero-order valence-electron chi connectivity index (χ0n) is 11.6. The number of aromatic carboxylic acids is 1. The lowest BCUT2D eigenvalue weighted by Gasteiger charge is -2.28. The van der Waals surface area contributed by atoms with Crippen molar-refractivity contribution in [3.05, 3.63) is 35.4 Å². The number of piperidine rings is 1. The average molecular weight is 276 g/mol. The maximum Gasteiger partial charge on any atom is 0.335 e. The van der Waals surface area contributed by atoms with E-state index in [0.29, 0.717) is 18.0 Å². The quantitative estimate of drug-likeness (QED) is 0.873. The van der Waals surface area contributed by atoms with Gasteiger partial charge in [-0.2, -0.15) is 0 Å². The summed E-state index contributed by atoms with van der Waals surface area (Å²) >= 11 is 0. The van der Waals surface area contributed by atoms with Crippen LogP contribution in [0.4, 0.5) is 0 Å². The van der Waals surface area contributed by atoms with Gasteiger partial charge in [0, 0.05) is 12.1 Å². The van der Waals surface area contributed by atoms with Crippen molar-refractivity contribution in [2.75, 3.05) is 26.7 Å². The van der Waals surface area contributed by atoms with Crippen LogP contribution in [0.1, 0.15) is 33.6 Å². The van der Waals surface area contributed by atoms with E-state index < -0.39 is 5.97 Å². The highest BCUT2D eigenvalue weighted by Crippen LogP contribution is 2.15. The number of amides is 1. The number of hydrogen-bond acceptors (Lipinski definition) is 3. The fourth-order valence-corrected chi connectivity index (χ4v) is 2.37. The van der Waals surface area contributed by atoms with Crippen LogP contribution in [0.15, 0.2) is 24.3 Å². The van der Waals surface area contributed by atoms with Gasteiger partial charge in [0.05, 0.1) is 5.56 Å². The Morgan fingerprint density at radius 3 is 2.30 bits per heavy atom. The topological polar surface area (TPSA) is 69.6 Å². The summed E-state index contributed by atoms with van der Waals surface area (Å²) < 4.78 is 0. The van der Waals surface area contributed by atoms with E-state index >= 15 is 0 Å². The van der Waals surface area contributed by atoms with Crippen molar-refractivity contribution in [1.29, 1.82) is 0 Å². The van der Waals surface area contributed by atoms with Crippen LogP contribution in [0.2, 0.25) is 0 Å². The van der Waals surface area contributed by atoms with Gasteiger partial charge < -0.3 is 15.3 Å². The maximum atomic E-state index is 12.0. The largest absolute Gasteiger partial charge is 0.478 e. The van der Waals surface area contributed by atoms with E-state index in [1.807, 2.05) is 0 Å². The fourth-order valence-electron chi connectivity index (χ4n) is 2.37. The first kappa shape index (κ1) is 14.5. The van der Waals surface area contributed by atoms with Gasteiger partial charge in [-0.05, 0) is 63.2 Å². The highest BCUT2D eigenvalue weighted by Gasteiger charge is 2.17. The second-order valence-corrected chi connectivity index (χ2v) is 5.34. The molecule has 20 heavy (non-hydrogen) atoms. The van der Waals surface area contributed by atoms with Crippen molar-refractivity contribution < 1.29 is 14.7 Å². The Balaban J connectivity index is 1.84. The fraction of sp³-hybridized carbons (Fsp3) is 0.467. The Morgan fingerprint density at radius 1 is 1.20 bits per heavy atom. The average Bonchev–Trinajstić information content (AvgIpc) is 2.46. The molecule has 1 aliphatic rings. The molecule has 1 aromatic rings. The molecule has 1 aliphatic heterocycles. The smallest absolute Gasteiger partial charge is 0.335 e. The summed E-state index contributed by atoms with van der Waals surface area (Å²) in [6.45, 7) is 2.84. The molecule has 0 bridgehead atoms. The number of rotatable bonds is 4. The number of nitrogens with one attached hydrogen (secondary N) is 1. The summed E-state index contributed by atoms with van der Waals surface area (Å²) in [5.41, 5.74) is 0.694. The first-order valence-electron chi connectivity index (χ1n) is 6.86. The lowest BCUT2D eigenvalue weighted by Crippen LogP contribution is -2.36. The number of likely N-dealkylation sites (tertiary alicyclic amines) is 1. The van der Waals surface area contributed by atoms with Crippen molar-refractivity contribution >= 4 is 11.9 Å². The molecule has 0 atom stereocenters. The minimum atomic E-state index is -0.983. The predicted molar refractivity (Wildman–Crippen MR) is 76.0 cm³/mol. The molecule has 0 spiro atoms. The van der Waals surface area contributed by atoms with Gasteiger partial charge in [0.15, 0.2) is 0 Å². The van der Waals surface area contributed by atoms with Gasteiger partial charge in [-0.1, -0.05) is 0 Å². The van der Waals surface area contributed by atoms with Crippen molar-refractivity contribution in [3.63, 3.8) is 0 Å². The van der Waals surface area contributed by atoms with Gasteiger partial charge in [0.1, 0.15) is 0 Å². The summed E-state index contributed by atoms with van der Waals surface area (Å²) in [7, 11) is 2.11. The molecule has 0 saturated carbocycles. The Hall–Kier alpha value is -1.88. The Bertz CT molecular complexity index is 476. The zero-order valence-corrected chi connectivity index (χ0v) is 11.6. The number of carbonyl (C=O) groups is 2. The van der Waals surface area contributed by atoms with E-state index in [4.69, 9.17) is 5.11 Å². The van der Waals surface area contributed by atoms with E-state index in [-0.39, 0.29) is 11.5 Å². The molecule has 0 unspecified atom stereocenters. The monoisotopic (exact) mass is 276 g/mol. The third kappa shape index (κ3) is 3.81. The van der Waals surface area contributed by atoms with Crippen LogP contribution in [0, 0.1) is 5.92 Å². The number of nitrogens with zero attached hydrogens (tertiary/aromatic N) is 1. The molecular weight excluding hydrogens is 256 g/mol. The molecule has 5 nitrogen and oxygen atoms in total. The molecule has 2 N–H and O–H groups in total. The minimum Gasteiger partial charge on any atom is -0.478 e. The van der Waals surface area contributed by atoms with Gasteiger partial charge in [-0.15, -0.1) is 0 Å². The second-order valence-electron chi connectivity index (χ2n) is 5.34. The van der Waals surface area contributed by atoms with Gasteiger partial charge in [0.25, 0.3) is 5.91 Å². The number of benzene rings is 1. The summed E-state index contributed by atoms with van der Waals surface area (Å²) in [6, 6.07) is 6.00. The highest BCUT2D eigenvalue weighted by atomic mass is 16.4. The van der Waals surface area contributed by atoms with E-state index in [0.717, 1.165) is 25.9 Å². The molecule has 0 aliphatic carbocycles. The predicted octanol–water partition coefficient (Wildman–Crippen LogP) is 1.46. The van der Waals surface area contributed by atoms with Crippen LogP contribution in [0.3, 0.4) is 0 Å². The minimum absolute atomic E-state index is 0.138. The third-order valence-corrected chi connectivity index (χ3v) is 3.78. The first-order chi connectivity index (χ1) is 9.56. The number of hydrogen-bond donors (Lipinski definition) is 2. The molecular formula is C15H20N2O3. The molecule has 1 heterocycles. The highest BCUT2D eigenvalue weighted by molar-refractivity contribution is 5.95. The van der Waals surface area contributed by atoms with Crippen molar-refractivity contribution in [1.82, 2.24) is 10.2 Å². The van der Waals surface area contributed by atoms with Gasteiger partial charge in [-0.3, -0.25) is 4.79 Å². The Morgan fingerprint density at radius 2 is 1.75 bits per heavy atom.